The first-order chi connectivity index (χ1) is 38.7. The van der Waals surface area contributed by atoms with Crippen LogP contribution in [-0.4, -0.2) is 167 Å². The van der Waals surface area contributed by atoms with Crippen LogP contribution < -0.4 is 16.0 Å². The molecule has 1 saturated carbocycles. The lowest BCUT2D eigenvalue weighted by atomic mass is 9.79. The van der Waals surface area contributed by atoms with Gasteiger partial charge >= 0.3 is 6.18 Å². The second kappa shape index (κ2) is 27.9. The number of anilines is 1. The Labute approximate surface area is 475 Å². The molecule has 4 amide bonds. The number of thiazole rings is 1. The molecule has 1 aliphatic carbocycles. The smallest absolute Gasteiger partial charge is 0.396 e. The monoisotopic (exact) mass is 1150 g/mol. The number of aliphatic hydroxyl groups is 2. The number of benzene rings is 3. The Morgan fingerprint density at radius 2 is 1.53 bits per heavy atom. The third-order valence-electron chi connectivity index (χ3n) is 15.7. The molecule has 3 aliphatic rings. The molecular weight excluding hydrogens is 1070 g/mol. The lowest BCUT2D eigenvalue weighted by Crippen LogP contribution is -2.55. The van der Waals surface area contributed by atoms with Crippen molar-refractivity contribution in [2.45, 2.75) is 110 Å². The lowest BCUT2D eigenvalue weighted by Gasteiger charge is -2.38. The molecule has 5 aromatic rings. The Hall–Kier alpha value is -5.85. The van der Waals surface area contributed by atoms with E-state index >= 15 is 0 Å². The van der Waals surface area contributed by atoms with Crippen LogP contribution in [0.3, 0.4) is 0 Å². The van der Waals surface area contributed by atoms with Crippen LogP contribution in [0.1, 0.15) is 98.6 Å². The number of aryl methyl sites for hydroxylation is 1. The summed E-state index contributed by atoms with van der Waals surface area (Å²) in [7, 11) is 0. The van der Waals surface area contributed by atoms with E-state index in [4.69, 9.17) is 19.2 Å². The van der Waals surface area contributed by atoms with Crippen molar-refractivity contribution in [1.82, 2.24) is 39.9 Å². The van der Waals surface area contributed by atoms with Crippen LogP contribution in [0, 0.1) is 24.2 Å². The normalized spacial score (nSPS) is 20.1. The van der Waals surface area contributed by atoms with Crippen LogP contribution in [0.15, 0.2) is 72.2 Å². The minimum Gasteiger partial charge on any atom is -0.396 e. The Morgan fingerprint density at radius 1 is 0.852 bits per heavy atom. The van der Waals surface area contributed by atoms with Gasteiger partial charge in [-0.05, 0) is 91.0 Å². The minimum atomic E-state index is -4.58. The summed E-state index contributed by atoms with van der Waals surface area (Å²) in [4.78, 5) is 70.5. The van der Waals surface area contributed by atoms with Crippen LogP contribution in [0.25, 0.3) is 21.5 Å². The van der Waals surface area contributed by atoms with Crippen LogP contribution in [0.5, 0.6) is 0 Å². The summed E-state index contributed by atoms with van der Waals surface area (Å²) < 4.78 is 59.6. The zero-order chi connectivity index (χ0) is 57.8. The van der Waals surface area contributed by atoms with Gasteiger partial charge < -0.3 is 44.5 Å². The van der Waals surface area contributed by atoms with Gasteiger partial charge in [0.05, 0.1) is 77.7 Å². The number of hydrogen-bond acceptors (Lipinski definition) is 14. The summed E-state index contributed by atoms with van der Waals surface area (Å²) >= 11 is 1.57. The topological polar surface area (TPSA) is 213 Å². The number of halogens is 3. The van der Waals surface area contributed by atoms with Crippen molar-refractivity contribution in [3.8, 4) is 10.4 Å². The molecule has 18 nitrogen and oxygen atoms in total. The molecule has 3 fully saturated rings. The third kappa shape index (κ3) is 16.5. The zero-order valence-electron chi connectivity index (χ0n) is 47.0. The number of carbonyl (C=O) groups excluding carboxylic acids is 4. The molecule has 4 atom stereocenters. The highest BCUT2D eigenvalue weighted by molar-refractivity contribution is 7.13. The van der Waals surface area contributed by atoms with E-state index < -0.39 is 47.2 Å². The average Bonchev–Trinajstić information content (AvgIpc) is 4.32. The van der Waals surface area contributed by atoms with E-state index in [1.165, 1.54) is 17.0 Å². The number of rotatable bonds is 24. The maximum atomic E-state index is 14.0. The number of piperazine rings is 1. The quantitative estimate of drug-likeness (QED) is 0.0392. The summed E-state index contributed by atoms with van der Waals surface area (Å²) in [6.07, 6.45) is -2.14. The zero-order valence-corrected chi connectivity index (χ0v) is 47.8. The standard InChI is InChI=1S/C59H78F3N9O9S/c1-38(56(77)70-34-47(73)31-50(70)55(76)63-32-40-9-14-43(15-10-40)52-39(2)64-37-81-52)53(58(3,4)5)66-51(74)36-80-28-27-79-26-25-78-24-23-68-19-21-69(22-20-68)33-42-13-18-49-48(29-42)65-57(71(49)46-16-11-41(35-72)12-17-46)67-54(75)44-7-6-8-45(30-44)59(60,61)62/h6-10,13-15,18,29-30,37-38,41,46-47,50,53,72-73H,11-12,16-17,19-28,31-36H2,1-5H3,(H,63,76)(H,66,74)(H,65,67,75)/t38?,41-,46+,47-,50+,53-/m1/s1. The summed E-state index contributed by atoms with van der Waals surface area (Å²) in [5.41, 5.74) is 5.76. The minimum absolute atomic E-state index is 0.00180. The molecule has 0 radical (unpaired) electrons. The molecule has 5 N–H and O–H groups in total. The summed E-state index contributed by atoms with van der Waals surface area (Å²) in [6.45, 7) is 16.3. The number of nitrogens with zero attached hydrogens (tertiary/aromatic N) is 6. The van der Waals surface area contributed by atoms with Crippen molar-refractivity contribution in [2.75, 3.05) is 90.8 Å². The van der Waals surface area contributed by atoms with Gasteiger partial charge in [0.1, 0.15) is 12.6 Å². The number of aromatic nitrogens is 3. The van der Waals surface area contributed by atoms with Crippen molar-refractivity contribution in [1.29, 1.82) is 0 Å². The summed E-state index contributed by atoms with van der Waals surface area (Å²) in [6, 6.07) is 16.9. The van der Waals surface area contributed by atoms with Gasteiger partial charge in [-0.15, -0.1) is 11.3 Å². The van der Waals surface area contributed by atoms with Crippen molar-refractivity contribution < 1.29 is 56.8 Å². The van der Waals surface area contributed by atoms with Crippen LogP contribution in [-0.2, 0) is 47.9 Å². The Bertz CT molecular complexity index is 2900. The first-order valence-electron chi connectivity index (χ1n) is 28.1. The molecule has 22 heteroatoms. The molecular formula is C59H78F3N9O9S. The number of ether oxygens (including phenoxy) is 3. The molecule has 0 spiro atoms. The Balaban J connectivity index is 0.707. The van der Waals surface area contributed by atoms with Gasteiger partial charge in [-0.25, -0.2) is 9.97 Å². The van der Waals surface area contributed by atoms with Gasteiger partial charge in [0.2, 0.25) is 23.7 Å². The van der Waals surface area contributed by atoms with E-state index in [-0.39, 0.29) is 87.1 Å². The van der Waals surface area contributed by atoms with Gasteiger partial charge in [-0.3, -0.25) is 34.3 Å². The predicted molar refractivity (Wildman–Crippen MR) is 302 cm³/mol. The van der Waals surface area contributed by atoms with Gasteiger partial charge in [0.25, 0.3) is 5.91 Å². The Kier molecular flexibility index (Phi) is 21.1. The van der Waals surface area contributed by atoms with Crippen molar-refractivity contribution in [3.63, 3.8) is 0 Å². The van der Waals surface area contributed by atoms with Crippen molar-refractivity contribution in [2.24, 2.45) is 17.3 Å². The number of aliphatic hydroxyl groups excluding tert-OH is 2. The maximum Gasteiger partial charge on any atom is 0.416 e. The number of amides is 4. The molecule has 440 valence electrons. The molecule has 3 aromatic carbocycles. The van der Waals surface area contributed by atoms with E-state index in [1.807, 2.05) is 74.2 Å². The first kappa shape index (κ1) is 61.2. The van der Waals surface area contributed by atoms with Crippen molar-refractivity contribution in [3.05, 3.63) is 100 Å². The number of nitrogens with one attached hydrogen (secondary N) is 3. The van der Waals surface area contributed by atoms with Crippen LogP contribution in [0.2, 0.25) is 0 Å². The largest absolute Gasteiger partial charge is 0.416 e. The molecule has 4 heterocycles. The molecule has 2 aliphatic heterocycles. The molecule has 0 bridgehead atoms. The SMILES string of the molecule is Cc1ncsc1-c1ccc(CNC(=O)[C@@H]2C[C@@H](O)CN2C(=O)C(C)[C@@H](NC(=O)COCCOCCOCCN2CCN(Cc3ccc4c(c3)nc(NC(=O)c3cccc(C(F)(F)F)c3)n4[C@H]3CC[C@@H](CO)CC3)CC2)C(C)(C)C)cc1. The molecule has 1 unspecified atom stereocenters. The Morgan fingerprint density at radius 3 is 2.20 bits per heavy atom. The van der Waals surface area contributed by atoms with E-state index in [1.54, 1.807) is 18.3 Å². The molecule has 8 rings (SSSR count). The maximum absolute atomic E-state index is 14.0. The first-order valence-corrected chi connectivity index (χ1v) is 29.0. The van der Waals surface area contributed by atoms with Gasteiger partial charge in [-0.2, -0.15) is 13.2 Å². The number of imidazole rings is 1. The van der Waals surface area contributed by atoms with Crippen molar-refractivity contribution >= 4 is 51.9 Å². The fourth-order valence-corrected chi connectivity index (χ4v) is 12.0. The van der Waals surface area contributed by atoms with E-state index in [2.05, 4.69) is 36.8 Å². The highest BCUT2D eigenvalue weighted by Crippen LogP contribution is 2.38. The van der Waals surface area contributed by atoms with Gasteiger partial charge in [-0.1, -0.05) is 64.1 Å². The number of carbonyl (C=O) groups is 4. The number of β-amino-alcohol motifs (C(OH)–C–C–N with tert-alkyl or cyclic N) is 1. The van der Waals surface area contributed by atoms with Crippen LogP contribution >= 0.6 is 11.3 Å². The van der Waals surface area contributed by atoms with Crippen LogP contribution in [0.4, 0.5) is 19.1 Å². The predicted octanol–water partition coefficient (Wildman–Crippen LogP) is 7.08. The van der Waals surface area contributed by atoms with E-state index in [0.29, 0.717) is 31.9 Å². The fraction of sp³-hybridized carbons (Fsp3) is 0.559. The van der Waals surface area contributed by atoms with Gasteiger partial charge in [0, 0.05) is 83.0 Å². The number of hydrogen-bond donors (Lipinski definition) is 5. The van der Waals surface area contributed by atoms with E-state index in [9.17, 15) is 42.6 Å². The summed E-state index contributed by atoms with van der Waals surface area (Å²) in [5.74, 6) is -1.94. The number of likely N-dealkylation sites (tertiary alicyclic amines) is 1. The lowest BCUT2D eigenvalue weighted by molar-refractivity contribution is -0.143. The molecule has 81 heavy (non-hydrogen) atoms. The molecule has 2 saturated heterocycles. The highest BCUT2D eigenvalue weighted by Gasteiger charge is 2.44. The number of fused-ring (bicyclic) bond motifs is 1. The second-order valence-electron chi connectivity index (χ2n) is 22.7. The third-order valence-corrected chi connectivity index (χ3v) is 16.7. The second-order valence-corrected chi connectivity index (χ2v) is 23.5. The average molecular weight is 1150 g/mol. The number of alkyl halides is 3. The van der Waals surface area contributed by atoms with Gasteiger partial charge in [0.15, 0.2) is 0 Å². The highest BCUT2D eigenvalue weighted by atomic mass is 32.1. The van der Waals surface area contributed by atoms with E-state index in [0.717, 1.165) is 103 Å². The fourth-order valence-electron chi connectivity index (χ4n) is 11.2. The molecule has 2 aromatic heterocycles. The summed E-state index contributed by atoms with van der Waals surface area (Å²) in [5, 5.41) is 29.1.